The molecule has 3 N–H and O–H groups in total. The van der Waals surface area contributed by atoms with Gasteiger partial charge in [0.2, 0.25) is 11.8 Å². The van der Waals surface area contributed by atoms with Crippen LogP contribution < -0.4 is 15.2 Å². The van der Waals surface area contributed by atoms with Gasteiger partial charge in [0, 0.05) is 21.8 Å². The molecule has 7 nitrogen and oxygen atoms in total. The van der Waals surface area contributed by atoms with Crippen LogP contribution in [0.15, 0.2) is 60.0 Å². The van der Waals surface area contributed by atoms with Crippen LogP contribution >= 0.6 is 11.6 Å². The molecule has 0 bridgehead atoms. The zero-order valence-electron chi connectivity index (χ0n) is 15.3. The van der Waals surface area contributed by atoms with E-state index in [2.05, 4.69) is 16.3 Å². The average molecular weight is 407 g/mol. The summed E-state index contributed by atoms with van der Waals surface area (Å²) in [6, 6.07) is 15.5. The number of H-pyrrole nitrogens is 1. The number of esters is 1. The van der Waals surface area contributed by atoms with Crippen LogP contribution in [0.1, 0.15) is 33.1 Å². The highest BCUT2D eigenvalue weighted by atomic mass is 35.5. The number of hydrogen-bond acceptors (Lipinski definition) is 6. The fraction of sp³-hybridized carbons (Fsp3) is 0.0952. The van der Waals surface area contributed by atoms with E-state index in [1.165, 1.54) is 0 Å². The molecule has 2 heterocycles. The Bertz CT molecular complexity index is 1180. The van der Waals surface area contributed by atoms with Gasteiger partial charge in [-0.15, -0.1) is 5.10 Å². The summed E-state index contributed by atoms with van der Waals surface area (Å²) in [6.45, 7) is 1.82. The van der Waals surface area contributed by atoms with Crippen LogP contribution in [-0.4, -0.2) is 16.2 Å². The number of aryl methyl sites for hydroxylation is 1. The van der Waals surface area contributed by atoms with Crippen molar-refractivity contribution in [3.05, 3.63) is 87.4 Å². The number of nitrogens with zero attached hydrogens (tertiary/aromatic N) is 2. The van der Waals surface area contributed by atoms with Gasteiger partial charge >= 0.3 is 5.97 Å². The van der Waals surface area contributed by atoms with E-state index in [9.17, 15) is 10.1 Å². The summed E-state index contributed by atoms with van der Waals surface area (Å²) < 4.78 is 11.1. The number of nitriles is 1. The summed E-state index contributed by atoms with van der Waals surface area (Å²) in [5.41, 5.74) is 8.53. The average Bonchev–Trinajstić information content (AvgIpc) is 3.08. The molecular formula is C21H15ClN4O3. The number of carbonyl (C=O) groups is 1. The van der Waals surface area contributed by atoms with Gasteiger partial charge in [-0.2, -0.15) is 5.26 Å². The van der Waals surface area contributed by atoms with Crippen LogP contribution in [-0.2, 0) is 0 Å². The van der Waals surface area contributed by atoms with Crippen molar-refractivity contribution in [2.24, 2.45) is 5.73 Å². The molecule has 1 aliphatic rings. The molecule has 0 radical (unpaired) electrons. The second-order valence-corrected chi connectivity index (χ2v) is 6.86. The van der Waals surface area contributed by atoms with Crippen molar-refractivity contribution in [3.8, 4) is 17.7 Å². The zero-order chi connectivity index (χ0) is 20.5. The maximum absolute atomic E-state index is 12.6. The van der Waals surface area contributed by atoms with E-state index in [1.807, 2.05) is 6.92 Å². The Morgan fingerprint density at radius 1 is 1.28 bits per heavy atom. The first kappa shape index (κ1) is 18.6. The number of carbonyl (C=O) groups excluding carboxylic acids is 1. The van der Waals surface area contributed by atoms with Gasteiger partial charge in [-0.05, 0) is 37.3 Å². The third-order valence-corrected chi connectivity index (χ3v) is 4.89. The molecule has 0 amide bonds. The number of ether oxygens (including phenoxy) is 2. The largest absolute Gasteiger partial charge is 0.423 e. The number of benzene rings is 2. The Morgan fingerprint density at radius 3 is 2.72 bits per heavy atom. The molecule has 1 aliphatic heterocycles. The fourth-order valence-electron chi connectivity index (χ4n) is 3.27. The highest BCUT2D eigenvalue weighted by Crippen LogP contribution is 2.45. The van der Waals surface area contributed by atoms with Gasteiger partial charge in [-0.3, -0.25) is 5.10 Å². The molecule has 0 saturated carbocycles. The zero-order valence-corrected chi connectivity index (χ0v) is 16.0. The van der Waals surface area contributed by atoms with Crippen LogP contribution in [0, 0.1) is 18.3 Å². The number of hydrogen-bond donors (Lipinski definition) is 2. The van der Waals surface area contributed by atoms with Crippen molar-refractivity contribution in [2.45, 2.75) is 12.8 Å². The van der Waals surface area contributed by atoms with E-state index >= 15 is 0 Å². The lowest BCUT2D eigenvalue weighted by Gasteiger charge is -2.25. The molecule has 0 saturated heterocycles. The van der Waals surface area contributed by atoms with Gasteiger partial charge in [0.25, 0.3) is 0 Å². The summed E-state index contributed by atoms with van der Waals surface area (Å²) in [5.74, 6) is -0.554. The van der Waals surface area contributed by atoms with Gasteiger partial charge in [-0.1, -0.05) is 29.8 Å². The van der Waals surface area contributed by atoms with Crippen LogP contribution in [0.25, 0.3) is 0 Å². The Morgan fingerprint density at radius 2 is 2.00 bits per heavy atom. The molecule has 0 fully saturated rings. The fourth-order valence-corrected chi connectivity index (χ4v) is 3.39. The first-order chi connectivity index (χ1) is 14.0. The SMILES string of the molecule is Cc1[nH]nc2c1[C@H](c1ccccc1OC(=O)c1ccc(Cl)cc1)C(C#N)=C(N)O2. The normalized spacial score (nSPS) is 15.3. The monoisotopic (exact) mass is 406 g/mol. The maximum Gasteiger partial charge on any atom is 0.343 e. The molecule has 2 aromatic carbocycles. The van der Waals surface area contributed by atoms with Crippen LogP contribution in [0.5, 0.6) is 11.6 Å². The van der Waals surface area contributed by atoms with Crippen LogP contribution in [0.3, 0.4) is 0 Å². The summed E-state index contributed by atoms with van der Waals surface area (Å²) in [5, 5.41) is 17.2. The number of nitrogens with one attached hydrogen (secondary N) is 1. The Kier molecular flexibility index (Phi) is 4.71. The quantitative estimate of drug-likeness (QED) is 0.505. The summed E-state index contributed by atoms with van der Waals surface area (Å²) in [4.78, 5) is 12.6. The van der Waals surface area contributed by atoms with E-state index < -0.39 is 11.9 Å². The minimum absolute atomic E-state index is 0.0321. The molecule has 0 spiro atoms. The molecule has 4 rings (SSSR count). The lowest BCUT2D eigenvalue weighted by Crippen LogP contribution is -2.22. The number of aromatic nitrogens is 2. The second kappa shape index (κ2) is 7.34. The number of rotatable bonds is 3. The molecule has 144 valence electrons. The third-order valence-electron chi connectivity index (χ3n) is 4.64. The molecule has 1 aromatic heterocycles. The van der Waals surface area contributed by atoms with Gasteiger partial charge in [0.1, 0.15) is 17.4 Å². The highest BCUT2D eigenvalue weighted by molar-refractivity contribution is 6.30. The standard InChI is InChI=1S/C21H15ClN4O3/c1-11-17-18(15(10-23)19(24)29-20(17)26-25-11)14-4-2-3-5-16(14)28-21(27)12-6-8-13(22)9-7-12/h2-9,18H,24H2,1H3,(H,25,26)/t18-/m1/s1. The van der Waals surface area contributed by atoms with Gasteiger partial charge in [0.15, 0.2) is 0 Å². The first-order valence-corrected chi connectivity index (χ1v) is 9.06. The summed E-state index contributed by atoms with van der Waals surface area (Å²) in [7, 11) is 0. The van der Waals surface area contributed by atoms with Crippen molar-refractivity contribution in [2.75, 3.05) is 0 Å². The molecule has 0 unspecified atom stereocenters. The minimum atomic E-state index is -0.586. The Labute approximate surface area is 171 Å². The van der Waals surface area contributed by atoms with Crippen LogP contribution in [0.4, 0.5) is 0 Å². The van der Waals surface area contributed by atoms with E-state index in [1.54, 1.807) is 48.5 Å². The molecule has 3 aromatic rings. The van der Waals surface area contributed by atoms with Gasteiger partial charge in [-0.25, -0.2) is 4.79 Å². The number of halogens is 1. The first-order valence-electron chi connectivity index (χ1n) is 8.68. The minimum Gasteiger partial charge on any atom is -0.423 e. The maximum atomic E-state index is 12.6. The third kappa shape index (κ3) is 3.30. The molecule has 0 aliphatic carbocycles. The van der Waals surface area contributed by atoms with Crippen molar-refractivity contribution >= 4 is 17.6 Å². The topological polar surface area (TPSA) is 114 Å². The smallest absolute Gasteiger partial charge is 0.343 e. The van der Waals surface area contributed by atoms with Crippen molar-refractivity contribution in [1.29, 1.82) is 5.26 Å². The van der Waals surface area contributed by atoms with Crippen molar-refractivity contribution in [3.63, 3.8) is 0 Å². The van der Waals surface area contributed by atoms with Gasteiger partial charge < -0.3 is 15.2 Å². The Balaban J connectivity index is 1.79. The molecular weight excluding hydrogens is 392 g/mol. The van der Waals surface area contributed by atoms with Gasteiger partial charge in [0.05, 0.1) is 11.5 Å². The molecule has 1 atom stereocenters. The second-order valence-electron chi connectivity index (χ2n) is 6.43. The van der Waals surface area contributed by atoms with E-state index in [0.29, 0.717) is 33.3 Å². The lowest BCUT2D eigenvalue weighted by molar-refractivity contribution is 0.0733. The molecule has 29 heavy (non-hydrogen) atoms. The van der Waals surface area contributed by atoms with Crippen LogP contribution in [0.2, 0.25) is 5.02 Å². The summed E-state index contributed by atoms with van der Waals surface area (Å²) in [6.07, 6.45) is 0. The van der Waals surface area contributed by atoms with E-state index in [-0.39, 0.29) is 11.5 Å². The number of para-hydroxylation sites is 1. The number of nitrogens with two attached hydrogens (primary N) is 1. The predicted octanol–water partition coefficient (Wildman–Crippen LogP) is 3.81. The number of fused-ring (bicyclic) bond motifs is 1. The van der Waals surface area contributed by atoms with E-state index in [0.717, 1.165) is 5.69 Å². The summed E-state index contributed by atoms with van der Waals surface area (Å²) >= 11 is 5.88. The number of aromatic amines is 1. The predicted molar refractivity (Wildman–Crippen MR) is 105 cm³/mol. The molecule has 8 heteroatoms. The lowest BCUT2D eigenvalue weighted by atomic mass is 9.83. The highest BCUT2D eigenvalue weighted by Gasteiger charge is 2.36. The Hall–Kier alpha value is -3.76. The number of allylic oxidation sites excluding steroid dienone is 1. The van der Waals surface area contributed by atoms with E-state index in [4.69, 9.17) is 26.8 Å². The van der Waals surface area contributed by atoms with Crippen molar-refractivity contribution in [1.82, 2.24) is 10.2 Å². The van der Waals surface area contributed by atoms with Crippen molar-refractivity contribution < 1.29 is 14.3 Å².